The second-order valence-electron chi connectivity index (χ2n) is 4.54. The van der Waals surface area contributed by atoms with Crippen molar-refractivity contribution >= 4 is 20.6 Å². The molecule has 0 amide bonds. The Balaban J connectivity index is 2.33. The molecule has 0 fully saturated rings. The molecule has 1 heterocycles. The van der Waals surface area contributed by atoms with E-state index in [0.717, 1.165) is 11.3 Å². The Morgan fingerprint density at radius 1 is 1.37 bits per heavy atom. The van der Waals surface area contributed by atoms with Crippen LogP contribution in [0.4, 0.5) is 0 Å². The van der Waals surface area contributed by atoms with Crippen LogP contribution in [0.1, 0.15) is 24.8 Å². The number of hydrogen-bond acceptors (Lipinski definition) is 4. The molecule has 0 spiro atoms. The minimum Gasteiger partial charge on any atom is -0.497 e. The van der Waals surface area contributed by atoms with E-state index in [1.807, 2.05) is 24.3 Å². The number of nitrogens with zero attached hydrogens (tertiary/aromatic N) is 1. The molecule has 0 radical (unpaired) electrons. The Hall–Kier alpha value is -1.27. The fraction of sp³-hybridized carbons (Fsp3) is 0.462. The van der Waals surface area contributed by atoms with Crippen LogP contribution in [0.15, 0.2) is 24.3 Å². The minimum atomic E-state index is -0.927. The first-order chi connectivity index (χ1) is 8.99. The number of benzene rings is 1. The van der Waals surface area contributed by atoms with Gasteiger partial charge in [-0.05, 0) is 24.6 Å². The molecule has 0 unspecified atom stereocenters. The highest BCUT2D eigenvalue weighted by Crippen LogP contribution is 2.36. The van der Waals surface area contributed by atoms with Gasteiger partial charge in [-0.25, -0.2) is 0 Å². The van der Waals surface area contributed by atoms with Crippen molar-refractivity contribution in [1.29, 1.82) is 0 Å². The summed E-state index contributed by atoms with van der Waals surface area (Å²) in [5, 5.41) is 11.8. The summed E-state index contributed by atoms with van der Waals surface area (Å²) in [4.78, 5) is 5.65. The number of halogens is 1. The van der Waals surface area contributed by atoms with Gasteiger partial charge in [0.15, 0.2) is 5.79 Å². The number of ether oxygens (including phenoxy) is 2. The molecule has 1 aliphatic rings. The van der Waals surface area contributed by atoms with Gasteiger partial charge in [0, 0.05) is 29.5 Å². The first kappa shape index (κ1) is 14.1. The maximum atomic E-state index is 11.8. The van der Waals surface area contributed by atoms with E-state index in [4.69, 9.17) is 14.3 Å². The van der Waals surface area contributed by atoms with Crippen LogP contribution in [-0.2, 0) is 9.57 Å². The van der Waals surface area contributed by atoms with Gasteiger partial charge in [0.25, 0.3) is 4.62 Å². The average Bonchev–Trinajstić information content (AvgIpc) is 2.43. The van der Waals surface area contributed by atoms with Crippen molar-refractivity contribution in [2.75, 3.05) is 14.2 Å². The van der Waals surface area contributed by atoms with Crippen molar-refractivity contribution < 1.29 is 19.2 Å². The van der Waals surface area contributed by atoms with Gasteiger partial charge in [-0.1, -0.05) is 12.1 Å². The molecule has 0 saturated heterocycles. The number of methoxy groups -OCH3 is 2. The predicted octanol–water partition coefficient (Wildman–Crippen LogP) is 2.78. The first-order valence-electron chi connectivity index (χ1n) is 5.87. The molecule has 0 aliphatic carbocycles. The molecule has 0 bridgehead atoms. The van der Waals surface area contributed by atoms with Crippen molar-refractivity contribution in [2.45, 2.75) is 25.0 Å². The summed E-state index contributed by atoms with van der Waals surface area (Å²) in [6.45, 7) is 1.74. The Bertz CT molecular complexity index is 488. The summed E-state index contributed by atoms with van der Waals surface area (Å²) >= 11 is 3.29. The molecule has 19 heavy (non-hydrogen) atoms. The fourth-order valence-electron chi connectivity index (χ4n) is 2.05. The zero-order chi connectivity index (χ0) is 14.0. The average molecular weight is 330 g/mol. The lowest BCUT2D eigenvalue weighted by molar-refractivity contribution is -0.785. The van der Waals surface area contributed by atoms with Crippen molar-refractivity contribution in [3.05, 3.63) is 35.0 Å². The smallest absolute Gasteiger partial charge is 0.293 e. The third kappa shape index (κ3) is 2.84. The second kappa shape index (κ2) is 5.38. The Morgan fingerprint density at radius 3 is 2.53 bits per heavy atom. The molecule has 0 N–H and O–H groups in total. The Kier molecular flexibility index (Phi) is 4.01. The summed E-state index contributed by atoms with van der Waals surface area (Å²) in [6, 6.07) is 7.59. The zero-order valence-corrected chi connectivity index (χ0v) is 12.6. The Morgan fingerprint density at radius 2 is 2.00 bits per heavy atom. The van der Waals surface area contributed by atoms with Gasteiger partial charge in [-0.2, -0.15) is 0 Å². The van der Waals surface area contributed by atoms with Gasteiger partial charge in [0.2, 0.25) is 0 Å². The SMILES string of the molecule is COc1ccc([C@H]2C[C@](C)(OC)O[N+]([O-])=C2Br)cc1. The molecule has 104 valence electrons. The molecule has 0 aromatic heterocycles. The van der Waals surface area contributed by atoms with Gasteiger partial charge in [0.05, 0.1) is 17.9 Å². The van der Waals surface area contributed by atoms with E-state index in [9.17, 15) is 5.21 Å². The van der Waals surface area contributed by atoms with Gasteiger partial charge < -0.3 is 14.3 Å². The van der Waals surface area contributed by atoms with E-state index in [1.54, 1.807) is 14.0 Å². The van der Waals surface area contributed by atoms with E-state index in [1.165, 1.54) is 7.11 Å². The first-order valence-corrected chi connectivity index (χ1v) is 6.66. The highest BCUT2D eigenvalue weighted by molar-refractivity contribution is 9.18. The van der Waals surface area contributed by atoms with Crippen molar-refractivity contribution in [3.63, 3.8) is 0 Å². The van der Waals surface area contributed by atoms with Crippen LogP contribution in [0.5, 0.6) is 5.75 Å². The third-order valence-electron chi connectivity index (χ3n) is 3.26. The summed E-state index contributed by atoms with van der Waals surface area (Å²) < 4.78 is 10.8. The minimum absolute atomic E-state index is 0.109. The third-order valence-corrected chi connectivity index (χ3v) is 4.11. The zero-order valence-electron chi connectivity index (χ0n) is 11.1. The quantitative estimate of drug-likeness (QED) is 0.800. The lowest BCUT2D eigenvalue weighted by atomic mass is 9.92. The van der Waals surface area contributed by atoms with Crippen LogP contribution in [0.25, 0.3) is 0 Å². The summed E-state index contributed by atoms with van der Waals surface area (Å²) in [5.74, 6) is -0.258. The van der Waals surface area contributed by atoms with Gasteiger partial charge in [-0.15, -0.1) is 0 Å². The summed E-state index contributed by atoms with van der Waals surface area (Å²) in [6.07, 6.45) is 0.551. The van der Waals surface area contributed by atoms with E-state index in [0.29, 0.717) is 15.9 Å². The molecule has 2 atom stereocenters. The molecule has 1 aromatic carbocycles. The van der Waals surface area contributed by atoms with E-state index in [2.05, 4.69) is 15.9 Å². The fourth-order valence-corrected chi connectivity index (χ4v) is 2.55. The molecular weight excluding hydrogens is 314 g/mol. The topological polar surface area (TPSA) is 53.8 Å². The van der Waals surface area contributed by atoms with Crippen LogP contribution in [0.3, 0.4) is 0 Å². The van der Waals surface area contributed by atoms with Crippen LogP contribution in [-0.4, -0.2) is 29.5 Å². The van der Waals surface area contributed by atoms with Crippen molar-refractivity contribution in [3.8, 4) is 5.75 Å². The Labute approximate surface area is 120 Å². The lowest BCUT2D eigenvalue weighted by Gasteiger charge is -2.36. The second-order valence-corrected chi connectivity index (χ2v) is 5.35. The summed E-state index contributed by atoms with van der Waals surface area (Å²) in [7, 11) is 3.14. The normalized spacial score (nSPS) is 27.1. The van der Waals surface area contributed by atoms with Gasteiger partial charge in [-0.3, -0.25) is 5.21 Å². The molecule has 1 aliphatic heterocycles. The monoisotopic (exact) mass is 329 g/mol. The standard InChI is InChI=1S/C13H16BrNO4/c1-13(18-3)8-11(12(14)15(16)19-13)9-4-6-10(17-2)7-5-9/h4-7,11H,8H2,1-3H3/t11-,13-/m1/s1. The number of hydrogen-bond donors (Lipinski definition) is 0. The summed E-state index contributed by atoms with van der Waals surface area (Å²) in [5.41, 5.74) is 1.00. The van der Waals surface area contributed by atoms with Gasteiger partial charge in [0.1, 0.15) is 5.75 Å². The highest BCUT2D eigenvalue weighted by Gasteiger charge is 2.40. The highest BCUT2D eigenvalue weighted by atomic mass is 79.9. The maximum Gasteiger partial charge on any atom is 0.293 e. The van der Waals surface area contributed by atoms with E-state index >= 15 is 0 Å². The molecular formula is C13H16BrNO4. The van der Waals surface area contributed by atoms with Crippen LogP contribution >= 0.6 is 15.9 Å². The molecule has 1 aromatic rings. The molecule has 6 heteroatoms. The van der Waals surface area contributed by atoms with E-state index < -0.39 is 5.79 Å². The van der Waals surface area contributed by atoms with Gasteiger partial charge >= 0.3 is 0 Å². The van der Waals surface area contributed by atoms with Crippen molar-refractivity contribution in [1.82, 2.24) is 0 Å². The molecule has 5 nitrogen and oxygen atoms in total. The lowest BCUT2D eigenvalue weighted by Crippen LogP contribution is -2.43. The predicted molar refractivity (Wildman–Crippen MR) is 74.4 cm³/mol. The van der Waals surface area contributed by atoms with Crippen LogP contribution < -0.4 is 4.74 Å². The van der Waals surface area contributed by atoms with Crippen LogP contribution in [0.2, 0.25) is 0 Å². The number of rotatable bonds is 3. The van der Waals surface area contributed by atoms with E-state index in [-0.39, 0.29) is 5.92 Å². The largest absolute Gasteiger partial charge is 0.497 e. The maximum absolute atomic E-state index is 11.8. The molecule has 2 rings (SSSR count). The van der Waals surface area contributed by atoms with Crippen LogP contribution in [0, 0.1) is 5.21 Å². The molecule has 0 saturated carbocycles. The van der Waals surface area contributed by atoms with Crippen molar-refractivity contribution in [2.24, 2.45) is 0 Å².